The van der Waals surface area contributed by atoms with E-state index in [4.69, 9.17) is 15.7 Å². The maximum absolute atomic E-state index is 8.73. The molecule has 0 aliphatic carbocycles. The van der Waals surface area contributed by atoms with Gasteiger partial charge in [0, 0.05) is 6.20 Å². The highest BCUT2D eigenvalue weighted by Crippen LogP contribution is 2.23. The van der Waals surface area contributed by atoms with E-state index in [1.807, 2.05) is 37.3 Å². The third kappa shape index (κ3) is 3.01. The molecule has 1 heterocycles. The SMILES string of the molecule is CC(Oc1cccnc1/C(N)=N/O)c1ccccc1. The molecular weight excluding hydrogens is 242 g/mol. The number of oxime groups is 1. The lowest BCUT2D eigenvalue weighted by Crippen LogP contribution is -2.17. The molecule has 19 heavy (non-hydrogen) atoms. The van der Waals surface area contributed by atoms with Gasteiger partial charge in [0.25, 0.3) is 0 Å². The molecular formula is C14H15N3O2. The van der Waals surface area contributed by atoms with Gasteiger partial charge < -0.3 is 15.7 Å². The van der Waals surface area contributed by atoms with Gasteiger partial charge >= 0.3 is 0 Å². The van der Waals surface area contributed by atoms with E-state index in [0.29, 0.717) is 11.4 Å². The molecule has 5 heteroatoms. The average Bonchev–Trinajstić information content (AvgIpc) is 2.48. The number of rotatable bonds is 4. The van der Waals surface area contributed by atoms with Crippen LogP contribution in [-0.2, 0) is 0 Å². The van der Waals surface area contributed by atoms with Crippen molar-refractivity contribution in [2.24, 2.45) is 10.9 Å². The monoisotopic (exact) mass is 257 g/mol. The van der Waals surface area contributed by atoms with Gasteiger partial charge in [0.15, 0.2) is 11.5 Å². The van der Waals surface area contributed by atoms with Crippen LogP contribution in [0.25, 0.3) is 0 Å². The molecule has 0 aliphatic rings. The van der Waals surface area contributed by atoms with Crippen molar-refractivity contribution in [3.8, 4) is 5.75 Å². The van der Waals surface area contributed by atoms with Gasteiger partial charge in [-0.15, -0.1) is 0 Å². The molecule has 3 N–H and O–H groups in total. The molecule has 2 aromatic rings. The molecule has 0 spiro atoms. The van der Waals surface area contributed by atoms with Crippen molar-refractivity contribution in [3.05, 3.63) is 59.9 Å². The van der Waals surface area contributed by atoms with Gasteiger partial charge in [-0.2, -0.15) is 0 Å². The van der Waals surface area contributed by atoms with E-state index in [1.165, 1.54) is 0 Å². The van der Waals surface area contributed by atoms with E-state index in [1.54, 1.807) is 18.3 Å². The number of nitrogens with zero attached hydrogens (tertiary/aromatic N) is 2. The van der Waals surface area contributed by atoms with E-state index in [2.05, 4.69) is 10.1 Å². The molecule has 0 fully saturated rings. The Morgan fingerprint density at radius 1 is 1.26 bits per heavy atom. The van der Waals surface area contributed by atoms with Crippen LogP contribution >= 0.6 is 0 Å². The summed E-state index contributed by atoms with van der Waals surface area (Å²) in [6.45, 7) is 1.93. The summed E-state index contributed by atoms with van der Waals surface area (Å²) in [7, 11) is 0. The predicted molar refractivity (Wildman–Crippen MR) is 72.2 cm³/mol. The second kappa shape index (κ2) is 5.86. The van der Waals surface area contributed by atoms with Crippen LogP contribution < -0.4 is 10.5 Å². The molecule has 0 bridgehead atoms. The Labute approximate surface area is 111 Å². The van der Waals surface area contributed by atoms with Crippen LogP contribution in [0.15, 0.2) is 53.8 Å². The highest BCUT2D eigenvalue weighted by atomic mass is 16.5. The molecule has 1 atom stereocenters. The van der Waals surface area contributed by atoms with Gasteiger partial charge in [-0.1, -0.05) is 35.5 Å². The quantitative estimate of drug-likeness (QED) is 0.381. The highest BCUT2D eigenvalue weighted by molar-refractivity contribution is 5.97. The van der Waals surface area contributed by atoms with E-state index in [0.717, 1.165) is 5.56 Å². The Morgan fingerprint density at radius 2 is 2.00 bits per heavy atom. The highest BCUT2D eigenvalue weighted by Gasteiger charge is 2.13. The number of amidine groups is 1. The predicted octanol–water partition coefficient (Wildman–Crippen LogP) is 2.32. The van der Waals surface area contributed by atoms with Crippen LogP contribution in [0.1, 0.15) is 24.3 Å². The van der Waals surface area contributed by atoms with Crippen molar-refractivity contribution in [3.63, 3.8) is 0 Å². The summed E-state index contributed by atoms with van der Waals surface area (Å²) < 4.78 is 5.82. The van der Waals surface area contributed by atoms with Crippen molar-refractivity contribution in [2.75, 3.05) is 0 Å². The standard InChI is InChI=1S/C14H15N3O2/c1-10(11-6-3-2-4-7-11)19-12-8-5-9-16-13(12)14(15)17-18/h2-10,18H,1H3,(H2,15,17). The maximum Gasteiger partial charge on any atom is 0.192 e. The topological polar surface area (TPSA) is 80.7 Å². The Bertz CT molecular complexity index is 570. The second-order valence-corrected chi connectivity index (χ2v) is 4.01. The average molecular weight is 257 g/mol. The lowest BCUT2D eigenvalue weighted by atomic mass is 10.1. The van der Waals surface area contributed by atoms with Crippen LogP contribution in [0.5, 0.6) is 5.75 Å². The van der Waals surface area contributed by atoms with E-state index < -0.39 is 0 Å². The van der Waals surface area contributed by atoms with E-state index in [9.17, 15) is 0 Å². The third-order valence-corrected chi connectivity index (χ3v) is 2.69. The summed E-state index contributed by atoms with van der Waals surface area (Å²) in [6, 6.07) is 13.3. The normalized spacial score (nSPS) is 13.0. The molecule has 0 saturated heterocycles. The lowest BCUT2D eigenvalue weighted by Gasteiger charge is -2.16. The number of ether oxygens (including phenoxy) is 1. The minimum absolute atomic E-state index is 0.0733. The fourth-order valence-corrected chi connectivity index (χ4v) is 1.71. The van der Waals surface area contributed by atoms with Crippen molar-refractivity contribution in [1.29, 1.82) is 0 Å². The van der Waals surface area contributed by atoms with Crippen molar-refractivity contribution < 1.29 is 9.94 Å². The number of pyridine rings is 1. The van der Waals surface area contributed by atoms with Gasteiger partial charge in [-0.3, -0.25) is 0 Å². The zero-order chi connectivity index (χ0) is 13.7. The fraction of sp³-hybridized carbons (Fsp3) is 0.143. The van der Waals surface area contributed by atoms with Gasteiger partial charge in [-0.05, 0) is 24.6 Å². The molecule has 1 aromatic heterocycles. The van der Waals surface area contributed by atoms with Crippen molar-refractivity contribution in [1.82, 2.24) is 4.98 Å². The summed E-state index contributed by atoms with van der Waals surface area (Å²) in [6.07, 6.45) is 1.41. The zero-order valence-electron chi connectivity index (χ0n) is 10.5. The zero-order valence-corrected chi connectivity index (χ0v) is 10.5. The van der Waals surface area contributed by atoms with Crippen LogP contribution in [0.2, 0.25) is 0 Å². The van der Waals surface area contributed by atoms with Crippen LogP contribution in [-0.4, -0.2) is 16.0 Å². The largest absolute Gasteiger partial charge is 0.484 e. The smallest absolute Gasteiger partial charge is 0.192 e. The van der Waals surface area contributed by atoms with Gasteiger partial charge in [-0.25, -0.2) is 4.98 Å². The van der Waals surface area contributed by atoms with E-state index >= 15 is 0 Å². The summed E-state index contributed by atoms with van der Waals surface area (Å²) in [5.74, 6) is 0.407. The molecule has 2 rings (SSSR count). The summed E-state index contributed by atoms with van der Waals surface area (Å²) in [5, 5.41) is 11.7. The first-order valence-electron chi connectivity index (χ1n) is 5.87. The number of benzene rings is 1. The Morgan fingerprint density at radius 3 is 2.68 bits per heavy atom. The van der Waals surface area contributed by atoms with Crippen LogP contribution in [0.4, 0.5) is 0 Å². The Kier molecular flexibility index (Phi) is 3.97. The number of nitrogens with two attached hydrogens (primary N) is 1. The summed E-state index contributed by atoms with van der Waals surface area (Å²) in [5.41, 5.74) is 6.93. The molecule has 0 saturated carbocycles. The molecule has 98 valence electrons. The van der Waals surface area contributed by atoms with Gasteiger partial charge in [0.1, 0.15) is 11.9 Å². The molecule has 0 radical (unpaired) electrons. The molecule has 1 aromatic carbocycles. The van der Waals surface area contributed by atoms with Crippen LogP contribution in [0.3, 0.4) is 0 Å². The first-order chi connectivity index (χ1) is 9.22. The number of hydrogen-bond acceptors (Lipinski definition) is 4. The minimum Gasteiger partial charge on any atom is -0.484 e. The molecule has 1 unspecified atom stereocenters. The Balaban J connectivity index is 2.24. The van der Waals surface area contributed by atoms with Crippen molar-refractivity contribution in [2.45, 2.75) is 13.0 Å². The van der Waals surface area contributed by atoms with Crippen molar-refractivity contribution >= 4 is 5.84 Å². The fourth-order valence-electron chi connectivity index (χ4n) is 1.71. The summed E-state index contributed by atoms with van der Waals surface area (Å²) in [4.78, 5) is 4.06. The molecule has 5 nitrogen and oxygen atoms in total. The van der Waals surface area contributed by atoms with Crippen LogP contribution in [0, 0.1) is 0 Å². The number of aromatic nitrogens is 1. The van der Waals surface area contributed by atoms with E-state index in [-0.39, 0.29) is 11.9 Å². The molecule has 0 amide bonds. The third-order valence-electron chi connectivity index (χ3n) is 2.69. The Hall–Kier alpha value is -2.56. The van der Waals surface area contributed by atoms with Gasteiger partial charge in [0.05, 0.1) is 0 Å². The first-order valence-corrected chi connectivity index (χ1v) is 5.87. The van der Waals surface area contributed by atoms with Gasteiger partial charge in [0.2, 0.25) is 0 Å². The maximum atomic E-state index is 8.73. The lowest BCUT2D eigenvalue weighted by molar-refractivity contribution is 0.225. The molecule has 0 aliphatic heterocycles. The minimum atomic E-state index is -0.157. The first kappa shape index (κ1) is 12.9. The second-order valence-electron chi connectivity index (χ2n) is 4.01. The number of hydrogen-bond donors (Lipinski definition) is 2. The summed E-state index contributed by atoms with van der Waals surface area (Å²) >= 11 is 0.